The quantitative estimate of drug-likeness (QED) is 0.530. The van der Waals surface area contributed by atoms with Crippen LogP contribution < -0.4 is 0 Å². The zero-order chi connectivity index (χ0) is 11.2. The van der Waals surface area contributed by atoms with Gasteiger partial charge in [0.1, 0.15) is 0 Å². The first-order valence-electron chi connectivity index (χ1n) is 3.86. The molecule has 0 N–H and O–H groups in total. The van der Waals surface area contributed by atoms with Crippen LogP contribution in [-0.2, 0) is 19.4 Å². The van der Waals surface area contributed by atoms with E-state index in [0.717, 1.165) is 0 Å². The van der Waals surface area contributed by atoms with Gasteiger partial charge < -0.3 is 0 Å². The lowest BCUT2D eigenvalue weighted by molar-refractivity contribution is -0.285. The van der Waals surface area contributed by atoms with Gasteiger partial charge in [0.05, 0.1) is 6.42 Å². The smallest absolute Gasteiger partial charge is 0.247 e. The van der Waals surface area contributed by atoms with E-state index in [9.17, 15) is 22.8 Å². The number of hydrogen-bond donors (Lipinski definition) is 0. The molecule has 82 valence electrons. The van der Waals surface area contributed by atoms with Crippen molar-refractivity contribution < 1.29 is 32.5 Å². The molecular weight excluding hydrogens is 205 g/mol. The summed E-state index contributed by atoms with van der Waals surface area (Å²) < 4.78 is 34.5. The molecule has 0 fully saturated rings. The summed E-state index contributed by atoms with van der Waals surface area (Å²) in [4.78, 5) is 27.5. The average molecular weight is 214 g/mol. The molecule has 0 heterocycles. The molecule has 0 aromatic rings. The third-order valence-corrected chi connectivity index (χ3v) is 1.18. The topological polar surface area (TPSA) is 52.6 Å². The number of carbonyl (C=O) groups excluding carboxylic acids is 2. The molecule has 0 bridgehead atoms. The monoisotopic (exact) mass is 214 g/mol. The Hall–Kier alpha value is -1.27. The van der Waals surface area contributed by atoms with Gasteiger partial charge in [0.2, 0.25) is 0 Å². The summed E-state index contributed by atoms with van der Waals surface area (Å²) >= 11 is 0. The molecule has 0 radical (unpaired) electrons. The second-order valence-corrected chi connectivity index (χ2v) is 2.43. The maximum absolute atomic E-state index is 11.5. The molecule has 0 aromatic heterocycles. The van der Waals surface area contributed by atoms with Crippen LogP contribution >= 0.6 is 0 Å². The van der Waals surface area contributed by atoms with E-state index < -0.39 is 18.1 Å². The van der Waals surface area contributed by atoms with Crippen LogP contribution in [0.25, 0.3) is 0 Å². The fourth-order valence-electron chi connectivity index (χ4n) is 0.494. The Bertz CT molecular complexity index is 211. The van der Waals surface area contributed by atoms with Crippen LogP contribution in [0.2, 0.25) is 0 Å². The number of halogens is 3. The summed E-state index contributed by atoms with van der Waals surface area (Å²) in [6, 6.07) is 0. The van der Waals surface area contributed by atoms with Crippen LogP contribution in [0.1, 0.15) is 26.2 Å². The van der Waals surface area contributed by atoms with Gasteiger partial charge in [-0.1, -0.05) is 13.3 Å². The fourth-order valence-corrected chi connectivity index (χ4v) is 0.494. The summed E-state index contributed by atoms with van der Waals surface area (Å²) in [5.41, 5.74) is 0. The number of rotatable bonds is 3. The molecule has 4 nitrogen and oxygen atoms in total. The van der Waals surface area contributed by atoms with Gasteiger partial charge in [-0.05, 0) is 6.42 Å². The predicted octanol–water partition coefficient (Wildman–Crippen LogP) is 1.74. The molecule has 0 unspecified atom stereocenters. The SMILES string of the molecule is CCCCC(=O)OOC(=O)C(F)(F)F. The normalized spacial score (nSPS) is 10.9. The summed E-state index contributed by atoms with van der Waals surface area (Å²) in [7, 11) is 0. The van der Waals surface area contributed by atoms with E-state index in [1.165, 1.54) is 0 Å². The summed E-state index contributed by atoms with van der Waals surface area (Å²) in [5, 5.41) is 0. The van der Waals surface area contributed by atoms with E-state index in [1.807, 2.05) is 0 Å². The van der Waals surface area contributed by atoms with Crippen LogP contribution in [0.5, 0.6) is 0 Å². The van der Waals surface area contributed by atoms with Gasteiger partial charge in [-0.3, -0.25) is 0 Å². The zero-order valence-corrected chi connectivity index (χ0v) is 7.39. The van der Waals surface area contributed by atoms with Gasteiger partial charge in [-0.25, -0.2) is 19.4 Å². The van der Waals surface area contributed by atoms with Gasteiger partial charge in [0.25, 0.3) is 0 Å². The molecule has 0 aromatic carbocycles. The molecule has 0 rings (SSSR count). The van der Waals surface area contributed by atoms with Crippen LogP contribution in [0.3, 0.4) is 0 Å². The van der Waals surface area contributed by atoms with Crippen LogP contribution in [0.15, 0.2) is 0 Å². The van der Waals surface area contributed by atoms with Crippen LogP contribution in [0, 0.1) is 0 Å². The Morgan fingerprint density at radius 3 is 2.21 bits per heavy atom. The molecule has 0 aliphatic heterocycles. The maximum atomic E-state index is 11.5. The third-order valence-electron chi connectivity index (χ3n) is 1.18. The number of alkyl halides is 3. The number of unbranched alkanes of at least 4 members (excludes halogenated alkanes) is 1. The largest absolute Gasteiger partial charge is 0.495 e. The van der Waals surface area contributed by atoms with Crippen LogP contribution in [-0.4, -0.2) is 18.1 Å². The molecule has 0 saturated carbocycles. The first kappa shape index (κ1) is 12.7. The molecule has 0 saturated heterocycles. The number of hydrogen-bond acceptors (Lipinski definition) is 4. The van der Waals surface area contributed by atoms with Crippen molar-refractivity contribution in [2.45, 2.75) is 32.4 Å². The second-order valence-electron chi connectivity index (χ2n) is 2.43. The second kappa shape index (κ2) is 5.46. The minimum atomic E-state index is -5.15. The number of carbonyl (C=O) groups is 2. The lowest BCUT2D eigenvalue weighted by Gasteiger charge is -2.04. The first-order chi connectivity index (χ1) is 6.38. The lowest BCUT2D eigenvalue weighted by atomic mass is 10.3. The molecule has 0 atom stereocenters. The van der Waals surface area contributed by atoms with E-state index in [-0.39, 0.29) is 6.42 Å². The summed E-state index contributed by atoms with van der Waals surface area (Å²) in [6.07, 6.45) is -4.09. The standard InChI is InChI=1S/C7H9F3O4/c1-2-3-4-5(11)13-14-6(12)7(8,9)10/h2-4H2,1H3. The van der Waals surface area contributed by atoms with Crippen LogP contribution in [0.4, 0.5) is 13.2 Å². The van der Waals surface area contributed by atoms with Crippen molar-refractivity contribution in [2.75, 3.05) is 0 Å². The van der Waals surface area contributed by atoms with Crippen molar-refractivity contribution in [3.8, 4) is 0 Å². The highest BCUT2D eigenvalue weighted by Crippen LogP contribution is 2.16. The average Bonchev–Trinajstić information content (AvgIpc) is 2.09. The predicted molar refractivity (Wildman–Crippen MR) is 37.8 cm³/mol. The Morgan fingerprint density at radius 2 is 1.79 bits per heavy atom. The Labute approximate surface area is 77.9 Å². The van der Waals surface area contributed by atoms with E-state index in [1.54, 1.807) is 6.92 Å². The highest BCUT2D eigenvalue weighted by atomic mass is 19.4. The zero-order valence-electron chi connectivity index (χ0n) is 7.39. The molecule has 14 heavy (non-hydrogen) atoms. The van der Waals surface area contributed by atoms with E-state index in [4.69, 9.17) is 0 Å². The highest BCUT2D eigenvalue weighted by Gasteiger charge is 2.43. The van der Waals surface area contributed by atoms with Crippen molar-refractivity contribution in [1.29, 1.82) is 0 Å². The van der Waals surface area contributed by atoms with Crippen molar-refractivity contribution in [3.63, 3.8) is 0 Å². The van der Waals surface area contributed by atoms with Gasteiger partial charge >= 0.3 is 18.1 Å². The van der Waals surface area contributed by atoms with E-state index >= 15 is 0 Å². The minimum Gasteiger partial charge on any atom is -0.247 e. The molecule has 7 heteroatoms. The third kappa shape index (κ3) is 5.39. The summed E-state index contributed by atoms with van der Waals surface area (Å²) in [6.45, 7) is 1.79. The maximum Gasteiger partial charge on any atom is 0.495 e. The van der Waals surface area contributed by atoms with Gasteiger partial charge in [0.15, 0.2) is 0 Å². The molecule has 0 spiro atoms. The van der Waals surface area contributed by atoms with Gasteiger partial charge in [-0.15, -0.1) is 0 Å². The first-order valence-corrected chi connectivity index (χ1v) is 3.86. The molecular formula is C7H9F3O4. The van der Waals surface area contributed by atoms with E-state index in [2.05, 4.69) is 9.78 Å². The fraction of sp³-hybridized carbons (Fsp3) is 0.714. The molecule has 0 aliphatic rings. The molecule has 0 aliphatic carbocycles. The van der Waals surface area contributed by atoms with E-state index in [0.29, 0.717) is 12.8 Å². The lowest BCUT2D eigenvalue weighted by Crippen LogP contribution is -2.26. The Balaban J connectivity index is 3.73. The Kier molecular flexibility index (Phi) is 4.96. The Morgan fingerprint density at radius 1 is 1.21 bits per heavy atom. The van der Waals surface area contributed by atoms with Crippen molar-refractivity contribution in [1.82, 2.24) is 0 Å². The summed E-state index contributed by atoms with van der Waals surface area (Å²) in [5.74, 6) is -3.54. The van der Waals surface area contributed by atoms with Crippen molar-refractivity contribution in [2.24, 2.45) is 0 Å². The highest BCUT2D eigenvalue weighted by molar-refractivity contribution is 5.76. The minimum absolute atomic E-state index is 0.0817. The van der Waals surface area contributed by atoms with Gasteiger partial charge in [-0.2, -0.15) is 13.2 Å². The van der Waals surface area contributed by atoms with Gasteiger partial charge in [0, 0.05) is 0 Å². The van der Waals surface area contributed by atoms with Crippen molar-refractivity contribution in [3.05, 3.63) is 0 Å². The molecule has 0 amide bonds. The van der Waals surface area contributed by atoms with Crippen molar-refractivity contribution >= 4 is 11.9 Å².